The molecule has 0 aliphatic rings. The molecule has 0 radical (unpaired) electrons. The van der Waals surface area contributed by atoms with E-state index in [1.807, 2.05) is 0 Å². The van der Waals surface area contributed by atoms with Crippen LogP contribution in [0.15, 0.2) is 0 Å². The first-order valence-corrected chi connectivity index (χ1v) is 8.05. The summed E-state index contributed by atoms with van der Waals surface area (Å²) in [6.45, 7) is -2.13. The number of halogens is 13. The van der Waals surface area contributed by atoms with E-state index in [2.05, 4.69) is 0 Å². The van der Waals surface area contributed by atoms with E-state index in [0.29, 0.717) is 12.8 Å². The molecule has 1 N–H and O–H groups in total. The molecule has 3 nitrogen and oxygen atoms in total. The average Bonchev–Trinajstić information content (AvgIpc) is 2.55. The maximum atomic E-state index is 13.7. The number of rotatable bonds is 11. The molecule has 0 heterocycles. The van der Waals surface area contributed by atoms with Crippen LogP contribution >= 0.6 is 0 Å². The maximum absolute atomic E-state index is 13.7. The number of amides is 1. The molecular formula is C14H16F13NO2. The topological polar surface area (TPSA) is 40.5 Å². The first-order valence-electron chi connectivity index (χ1n) is 8.05. The summed E-state index contributed by atoms with van der Waals surface area (Å²) in [6.07, 6.45) is -8.93. The zero-order valence-electron chi connectivity index (χ0n) is 15.0. The van der Waals surface area contributed by atoms with E-state index in [0.717, 1.165) is 0 Å². The number of alkyl halides is 13. The van der Waals surface area contributed by atoms with Crippen LogP contribution in [0.4, 0.5) is 61.9 Å². The summed E-state index contributed by atoms with van der Waals surface area (Å²) >= 11 is 0. The van der Waals surface area contributed by atoms with Gasteiger partial charge in [-0.3, -0.25) is 0 Å². The minimum atomic E-state index is -8.00. The summed E-state index contributed by atoms with van der Waals surface area (Å²) in [6, 6.07) is 0. The van der Waals surface area contributed by atoms with Gasteiger partial charge in [0.25, 0.3) is 0 Å². The molecule has 0 fully saturated rings. The van der Waals surface area contributed by atoms with Crippen molar-refractivity contribution in [3.63, 3.8) is 0 Å². The summed E-state index contributed by atoms with van der Waals surface area (Å²) < 4.78 is 169. The van der Waals surface area contributed by atoms with Gasteiger partial charge in [-0.1, -0.05) is 26.2 Å². The van der Waals surface area contributed by atoms with Gasteiger partial charge >= 0.3 is 41.9 Å². The van der Waals surface area contributed by atoms with E-state index in [1.54, 1.807) is 6.92 Å². The van der Waals surface area contributed by atoms with E-state index >= 15 is 0 Å². The lowest BCUT2D eigenvalue weighted by molar-refractivity contribution is -0.440. The Labute approximate surface area is 160 Å². The molecule has 0 saturated carbocycles. The second-order valence-electron chi connectivity index (χ2n) is 6.26. The van der Waals surface area contributed by atoms with Crippen molar-refractivity contribution in [3.05, 3.63) is 0 Å². The lowest BCUT2D eigenvalue weighted by atomic mass is 9.93. The predicted octanol–water partition coefficient (Wildman–Crippen LogP) is 6.29. The Morgan fingerprint density at radius 1 is 0.700 bits per heavy atom. The van der Waals surface area contributed by atoms with Gasteiger partial charge in [-0.05, 0) is 6.42 Å². The molecule has 0 rings (SSSR count). The van der Waals surface area contributed by atoms with Crippen LogP contribution in [0.1, 0.15) is 32.6 Å². The van der Waals surface area contributed by atoms with Gasteiger partial charge in [-0.25, -0.2) is 4.79 Å². The Morgan fingerprint density at radius 3 is 1.50 bits per heavy atom. The van der Waals surface area contributed by atoms with E-state index in [9.17, 15) is 61.9 Å². The number of nitrogens with zero attached hydrogens (tertiary/aromatic N) is 1. The second kappa shape index (κ2) is 8.85. The highest BCUT2D eigenvalue weighted by atomic mass is 19.4. The van der Waals surface area contributed by atoms with Crippen molar-refractivity contribution in [3.8, 4) is 0 Å². The van der Waals surface area contributed by atoms with Gasteiger partial charge < -0.3 is 10.0 Å². The molecular weight excluding hydrogens is 461 g/mol. The van der Waals surface area contributed by atoms with Crippen molar-refractivity contribution in [1.29, 1.82) is 0 Å². The molecule has 0 bridgehead atoms. The number of unbranched alkanes of at least 4 members (excludes halogenated alkanes) is 3. The first-order chi connectivity index (χ1) is 13.1. The van der Waals surface area contributed by atoms with Gasteiger partial charge in [0.2, 0.25) is 0 Å². The SMILES string of the molecule is CCCCCCN(CC(F)(F)C(F)(F)C(F)(F)C(F)(F)C(F)(F)C(F)(F)F)C(=O)O. The van der Waals surface area contributed by atoms with Crippen molar-refractivity contribution in [2.24, 2.45) is 0 Å². The molecule has 0 aromatic carbocycles. The van der Waals surface area contributed by atoms with Gasteiger partial charge in [0.15, 0.2) is 0 Å². The highest BCUT2D eigenvalue weighted by Crippen LogP contribution is 2.60. The molecule has 0 unspecified atom stereocenters. The molecule has 0 aliphatic carbocycles. The molecule has 30 heavy (non-hydrogen) atoms. The molecule has 180 valence electrons. The van der Waals surface area contributed by atoms with Crippen molar-refractivity contribution in [2.75, 3.05) is 13.1 Å². The Kier molecular flexibility index (Phi) is 8.36. The second-order valence-corrected chi connectivity index (χ2v) is 6.26. The Hall–Kier alpha value is -1.64. The van der Waals surface area contributed by atoms with Crippen LogP contribution < -0.4 is 0 Å². The molecule has 0 saturated heterocycles. The maximum Gasteiger partial charge on any atom is 0.460 e. The van der Waals surface area contributed by atoms with Gasteiger partial charge in [-0.15, -0.1) is 0 Å². The minimum Gasteiger partial charge on any atom is -0.465 e. The zero-order valence-corrected chi connectivity index (χ0v) is 15.0. The van der Waals surface area contributed by atoms with Crippen molar-refractivity contribution >= 4 is 6.09 Å². The molecule has 0 aromatic rings. The fourth-order valence-corrected chi connectivity index (χ4v) is 2.11. The summed E-state index contributed by atoms with van der Waals surface area (Å²) in [7, 11) is 0. The molecule has 1 amide bonds. The average molecular weight is 477 g/mol. The molecule has 0 aromatic heterocycles. The Bertz CT molecular complexity index is 589. The Morgan fingerprint density at radius 2 is 1.13 bits per heavy atom. The van der Waals surface area contributed by atoms with Crippen LogP contribution in [0.5, 0.6) is 0 Å². The van der Waals surface area contributed by atoms with Crippen LogP contribution in [0, 0.1) is 0 Å². The zero-order chi connectivity index (χ0) is 24.4. The van der Waals surface area contributed by atoms with E-state index in [4.69, 9.17) is 5.11 Å². The van der Waals surface area contributed by atoms with Crippen molar-refractivity contribution < 1.29 is 67.0 Å². The summed E-state index contributed by atoms with van der Waals surface area (Å²) in [5.74, 6) is -37.7. The first kappa shape index (κ1) is 28.4. The van der Waals surface area contributed by atoms with Crippen LogP contribution in [-0.4, -0.2) is 65.0 Å². The normalized spacial score (nSPS) is 14.7. The van der Waals surface area contributed by atoms with Crippen molar-refractivity contribution in [1.82, 2.24) is 4.90 Å². The fourth-order valence-electron chi connectivity index (χ4n) is 2.11. The lowest BCUT2D eigenvalue weighted by Gasteiger charge is -2.40. The fraction of sp³-hybridized carbons (Fsp3) is 0.929. The predicted molar refractivity (Wildman–Crippen MR) is 74.5 cm³/mol. The summed E-state index contributed by atoms with van der Waals surface area (Å²) in [5.41, 5.74) is 0. The standard InChI is InChI=1S/C14H16F13NO2/c1-2-3-4-5-6-28(8(29)30)7-9(15,16)10(17,18)11(19,20)12(21,22)13(23,24)14(25,26)27/h2-7H2,1H3,(H,29,30). The number of carbonyl (C=O) groups is 1. The third-order valence-electron chi connectivity index (χ3n) is 3.94. The number of carboxylic acid groups (broad SMARTS) is 1. The van der Waals surface area contributed by atoms with Gasteiger partial charge in [0, 0.05) is 6.54 Å². The monoisotopic (exact) mass is 477 g/mol. The van der Waals surface area contributed by atoms with Gasteiger partial charge in [0.05, 0.1) is 6.54 Å². The van der Waals surface area contributed by atoms with Crippen LogP contribution in [0.2, 0.25) is 0 Å². The van der Waals surface area contributed by atoms with Crippen LogP contribution in [0.3, 0.4) is 0 Å². The highest BCUT2D eigenvalue weighted by molar-refractivity contribution is 5.65. The van der Waals surface area contributed by atoms with Gasteiger partial charge in [0.1, 0.15) is 0 Å². The largest absolute Gasteiger partial charge is 0.465 e. The molecule has 0 aliphatic heterocycles. The smallest absolute Gasteiger partial charge is 0.460 e. The van der Waals surface area contributed by atoms with Crippen LogP contribution in [-0.2, 0) is 0 Å². The summed E-state index contributed by atoms with van der Waals surface area (Å²) in [4.78, 5) is 10.3. The van der Waals surface area contributed by atoms with Crippen LogP contribution in [0.25, 0.3) is 0 Å². The minimum absolute atomic E-state index is 0.175. The van der Waals surface area contributed by atoms with Crippen molar-refractivity contribution in [2.45, 2.75) is 68.4 Å². The number of hydrogen-bond donors (Lipinski definition) is 1. The lowest BCUT2D eigenvalue weighted by Crippen LogP contribution is -2.71. The van der Waals surface area contributed by atoms with E-state index in [1.165, 1.54) is 0 Å². The molecule has 16 heteroatoms. The Balaban J connectivity index is 5.95. The number of hydrogen-bond acceptors (Lipinski definition) is 1. The summed E-state index contributed by atoms with van der Waals surface area (Å²) in [5, 5.41) is 8.70. The highest BCUT2D eigenvalue weighted by Gasteiger charge is 2.90. The third-order valence-corrected chi connectivity index (χ3v) is 3.94. The van der Waals surface area contributed by atoms with E-state index < -0.39 is 59.9 Å². The van der Waals surface area contributed by atoms with E-state index in [-0.39, 0.29) is 12.8 Å². The quantitative estimate of drug-likeness (QED) is 0.281. The van der Waals surface area contributed by atoms with Gasteiger partial charge in [-0.2, -0.15) is 57.1 Å². The molecule has 0 atom stereocenters. The third kappa shape index (κ3) is 4.98. The molecule has 0 spiro atoms.